The standard InChI is InChI=1S/C7H12ClN5/c1-12(2)6-5(8)7(13(3)4)10-11-9-6/h1-4H3. The quantitative estimate of drug-likeness (QED) is 0.704. The summed E-state index contributed by atoms with van der Waals surface area (Å²) < 4.78 is 0. The molecule has 0 unspecified atom stereocenters. The van der Waals surface area contributed by atoms with Crippen LogP contribution in [0.4, 0.5) is 11.6 Å². The molecule has 1 rings (SSSR count). The fourth-order valence-electron chi connectivity index (χ4n) is 0.866. The molecule has 0 aliphatic carbocycles. The predicted octanol–water partition coefficient (Wildman–Crippen LogP) is 0.657. The van der Waals surface area contributed by atoms with Crippen molar-refractivity contribution >= 4 is 23.2 Å². The van der Waals surface area contributed by atoms with E-state index in [1.54, 1.807) is 9.80 Å². The predicted molar refractivity (Wildman–Crippen MR) is 53.5 cm³/mol. The van der Waals surface area contributed by atoms with Crippen LogP contribution in [-0.4, -0.2) is 43.6 Å². The first-order valence-corrected chi connectivity index (χ1v) is 4.15. The SMILES string of the molecule is CN(C)c1nnnc(N(C)C)c1Cl. The number of rotatable bonds is 2. The summed E-state index contributed by atoms with van der Waals surface area (Å²) in [6.07, 6.45) is 0. The minimum atomic E-state index is 0.519. The Morgan fingerprint density at radius 1 is 0.923 bits per heavy atom. The molecule has 0 saturated heterocycles. The van der Waals surface area contributed by atoms with Crippen LogP contribution < -0.4 is 9.80 Å². The molecule has 0 radical (unpaired) electrons. The van der Waals surface area contributed by atoms with E-state index >= 15 is 0 Å². The summed E-state index contributed by atoms with van der Waals surface area (Å²) in [5.74, 6) is 1.25. The molecule has 1 heterocycles. The average Bonchev–Trinajstić information content (AvgIpc) is 2.03. The van der Waals surface area contributed by atoms with E-state index in [1.807, 2.05) is 28.2 Å². The average molecular weight is 202 g/mol. The maximum Gasteiger partial charge on any atom is 0.175 e. The molecule has 0 aliphatic heterocycles. The second-order valence-corrected chi connectivity index (χ2v) is 3.42. The summed E-state index contributed by atoms with van der Waals surface area (Å²) in [4.78, 5) is 3.59. The fraction of sp³-hybridized carbons (Fsp3) is 0.571. The van der Waals surface area contributed by atoms with E-state index in [9.17, 15) is 0 Å². The van der Waals surface area contributed by atoms with Gasteiger partial charge in [-0.15, -0.1) is 10.2 Å². The van der Waals surface area contributed by atoms with Gasteiger partial charge in [-0.05, 0) is 5.21 Å². The number of aromatic nitrogens is 3. The lowest BCUT2D eigenvalue weighted by Crippen LogP contribution is -2.17. The van der Waals surface area contributed by atoms with Crippen LogP contribution in [0.3, 0.4) is 0 Å². The number of hydrogen-bond donors (Lipinski definition) is 0. The van der Waals surface area contributed by atoms with Gasteiger partial charge in [0, 0.05) is 28.2 Å². The molecule has 0 fully saturated rings. The van der Waals surface area contributed by atoms with Crippen molar-refractivity contribution in [2.45, 2.75) is 0 Å². The van der Waals surface area contributed by atoms with Gasteiger partial charge in [-0.25, -0.2) is 0 Å². The summed E-state index contributed by atoms with van der Waals surface area (Å²) in [7, 11) is 7.43. The van der Waals surface area contributed by atoms with E-state index < -0.39 is 0 Å². The van der Waals surface area contributed by atoms with E-state index in [-0.39, 0.29) is 0 Å². The Morgan fingerprint density at radius 2 is 1.31 bits per heavy atom. The van der Waals surface area contributed by atoms with Crippen LogP contribution in [0.2, 0.25) is 5.02 Å². The maximum atomic E-state index is 6.05. The second-order valence-electron chi connectivity index (χ2n) is 3.04. The molecule has 72 valence electrons. The molecule has 1 aromatic rings. The molecule has 0 aliphatic rings. The van der Waals surface area contributed by atoms with Crippen molar-refractivity contribution in [1.29, 1.82) is 0 Å². The highest BCUT2D eigenvalue weighted by molar-refractivity contribution is 6.35. The molecular weight excluding hydrogens is 190 g/mol. The Kier molecular flexibility index (Phi) is 2.87. The van der Waals surface area contributed by atoms with Crippen molar-refractivity contribution in [2.75, 3.05) is 38.0 Å². The normalized spacial score (nSPS) is 9.92. The lowest BCUT2D eigenvalue weighted by Gasteiger charge is -2.16. The van der Waals surface area contributed by atoms with Crippen LogP contribution in [0.15, 0.2) is 0 Å². The summed E-state index contributed by atoms with van der Waals surface area (Å²) >= 11 is 6.05. The second kappa shape index (κ2) is 3.74. The highest BCUT2D eigenvalue weighted by Crippen LogP contribution is 2.27. The minimum absolute atomic E-state index is 0.519. The van der Waals surface area contributed by atoms with Crippen molar-refractivity contribution < 1.29 is 0 Å². The van der Waals surface area contributed by atoms with E-state index in [2.05, 4.69) is 15.4 Å². The van der Waals surface area contributed by atoms with Gasteiger partial charge in [-0.1, -0.05) is 11.6 Å². The van der Waals surface area contributed by atoms with E-state index in [1.165, 1.54) is 0 Å². The molecule has 0 saturated carbocycles. The Hall–Kier alpha value is -1.10. The van der Waals surface area contributed by atoms with Crippen LogP contribution in [-0.2, 0) is 0 Å². The van der Waals surface area contributed by atoms with Crippen molar-refractivity contribution in [3.05, 3.63) is 5.02 Å². The first-order chi connectivity index (χ1) is 6.04. The summed E-state index contributed by atoms with van der Waals surface area (Å²) in [5, 5.41) is 11.8. The molecule has 0 spiro atoms. The topological polar surface area (TPSA) is 45.2 Å². The van der Waals surface area contributed by atoms with Crippen molar-refractivity contribution in [1.82, 2.24) is 15.4 Å². The lowest BCUT2D eigenvalue weighted by atomic mass is 10.5. The molecule has 0 bridgehead atoms. The monoisotopic (exact) mass is 201 g/mol. The Balaban J connectivity index is 3.18. The number of nitrogens with zero attached hydrogens (tertiary/aromatic N) is 5. The highest BCUT2D eigenvalue weighted by atomic mass is 35.5. The third-order valence-corrected chi connectivity index (χ3v) is 1.86. The lowest BCUT2D eigenvalue weighted by molar-refractivity contribution is 0.830. The Bertz CT molecular complexity index is 273. The van der Waals surface area contributed by atoms with E-state index in [0.717, 1.165) is 0 Å². The van der Waals surface area contributed by atoms with Crippen LogP contribution in [0.5, 0.6) is 0 Å². The highest BCUT2D eigenvalue weighted by Gasteiger charge is 2.12. The minimum Gasteiger partial charge on any atom is -0.360 e. The van der Waals surface area contributed by atoms with Gasteiger partial charge in [-0.3, -0.25) is 0 Å². The third-order valence-electron chi connectivity index (χ3n) is 1.52. The Morgan fingerprint density at radius 3 is 1.62 bits per heavy atom. The largest absolute Gasteiger partial charge is 0.360 e. The molecule has 0 N–H and O–H groups in total. The van der Waals surface area contributed by atoms with E-state index in [0.29, 0.717) is 16.7 Å². The molecule has 1 aromatic heterocycles. The molecule has 5 nitrogen and oxygen atoms in total. The van der Waals surface area contributed by atoms with Gasteiger partial charge in [0.05, 0.1) is 0 Å². The van der Waals surface area contributed by atoms with Gasteiger partial charge in [0.2, 0.25) is 0 Å². The zero-order valence-corrected chi connectivity index (χ0v) is 8.87. The number of anilines is 2. The van der Waals surface area contributed by atoms with Crippen LogP contribution >= 0.6 is 11.6 Å². The molecule has 13 heavy (non-hydrogen) atoms. The van der Waals surface area contributed by atoms with Gasteiger partial charge in [0.25, 0.3) is 0 Å². The fourth-order valence-corrected chi connectivity index (χ4v) is 1.28. The Labute approximate surface area is 82.3 Å². The maximum absolute atomic E-state index is 6.05. The molecule has 0 aromatic carbocycles. The van der Waals surface area contributed by atoms with Crippen molar-refractivity contribution in [3.63, 3.8) is 0 Å². The van der Waals surface area contributed by atoms with Crippen molar-refractivity contribution in [2.24, 2.45) is 0 Å². The third kappa shape index (κ3) is 1.98. The smallest absolute Gasteiger partial charge is 0.175 e. The zero-order valence-electron chi connectivity index (χ0n) is 8.11. The number of hydrogen-bond acceptors (Lipinski definition) is 5. The summed E-state index contributed by atoms with van der Waals surface area (Å²) in [6, 6.07) is 0. The zero-order chi connectivity index (χ0) is 10.0. The van der Waals surface area contributed by atoms with Gasteiger partial charge >= 0.3 is 0 Å². The molecule has 6 heteroatoms. The summed E-state index contributed by atoms with van der Waals surface area (Å²) in [5.41, 5.74) is 0. The summed E-state index contributed by atoms with van der Waals surface area (Å²) in [6.45, 7) is 0. The first-order valence-electron chi connectivity index (χ1n) is 3.77. The van der Waals surface area contributed by atoms with Gasteiger partial charge in [0.15, 0.2) is 11.6 Å². The molecule has 0 atom stereocenters. The first kappa shape index (κ1) is 9.98. The van der Waals surface area contributed by atoms with Crippen LogP contribution in [0.1, 0.15) is 0 Å². The van der Waals surface area contributed by atoms with Crippen LogP contribution in [0.25, 0.3) is 0 Å². The van der Waals surface area contributed by atoms with Crippen molar-refractivity contribution in [3.8, 4) is 0 Å². The van der Waals surface area contributed by atoms with E-state index in [4.69, 9.17) is 11.6 Å². The van der Waals surface area contributed by atoms with Gasteiger partial charge in [0.1, 0.15) is 5.02 Å². The van der Waals surface area contributed by atoms with Gasteiger partial charge in [-0.2, -0.15) is 0 Å². The van der Waals surface area contributed by atoms with Crippen LogP contribution in [0, 0.1) is 0 Å². The molecule has 0 amide bonds. The molecular formula is C7H12ClN5. The van der Waals surface area contributed by atoms with Gasteiger partial charge < -0.3 is 9.80 Å². The number of halogens is 1.